The summed E-state index contributed by atoms with van der Waals surface area (Å²) in [4.78, 5) is 15.9. The van der Waals surface area contributed by atoms with Crippen LogP contribution < -0.4 is 0 Å². The molecule has 0 radical (unpaired) electrons. The second-order valence-electron chi connectivity index (χ2n) is 3.08. The molecular weight excluding hydrogens is 230 g/mol. The predicted octanol–water partition coefficient (Wildman–Crippen LogP) is 3.58. The monoisotopic (exact) mass is 237 g/mol. The number of rotatable bonds is 2. The Kier molecular flexibility index (Phi) is 2.84. The molecule has 0 amide bonds. The van der Waals surface area contributed by atoms with Gasteiger partial charge in [0, 0.05) is 15.5 Å². The predicted molar refractivity (Wildman–Crippen MR) is 62.7 cm³/mol. The lowest BCUT2D eigenvalue weighted by molar-refractivity contribution is 0.112. The first kappa shape index (κ1) is 10.3. The van der Waals surface area contributed by atoms with Gasteiger partial charge < -0.3 is 0 Å². The lowest BCUT2D eigenvalue weighted by atomic mass is 10.1. The third-order valence-corrected chi connectivity index (χ3v) is 3.18. The Morgan fingerprint density at radius 2 is 2.00 bits per heavy atom. The molecule has 15 heavy (non-hydrogen) atoms. The highest BCUT2D eigenvalue weighted by Gasteiger charge is 2.08. The molecule has 0 aliphatic carbocycles. The van der Waals surface area contributed by atoms with E-state index >= 15 is 0 Å². The third-order valence-electron chi connectivity index (χ3n) is 2.03. The van der Waals surface area contributed by atoms with E-state index in [-0.39, 0.29) is 0 Å². The van der Waals surface area contributed by atoms with Crippen LogP contribution in [0.4, 0.5) is 0 Å². The molecule has 2 nitrogen and oxygen atoms in total. The highest BCUT2D eigenvalue weighted by Crippen LogP contribution is 2.27. The minimum absolute atomic E-state index is 0.512. The number of aryl methyl sites for hydroxylation is 1. The van der Waals surface area contributed by atoms with Gasteiger partial charge in [-0.2, -0.15) is 0 Å². The first-order valence-corrected chi connectivity index (χ1v) is 5.58. The van der Waals surface area contributed by atoms with E-state index in [0.717, 1.165) is 22.4 Å². The van der Waals surface area contributed by atoms with Crippen molar-refractivity contribution in [3.05, 3.63) is 39.2 Å². The smallest absolute Gasteiger partial charge is 0.178 e. The fourth-order valence-electron chi connectivity index (χ4n) is 1.34. The molecule has 0 N–H and O–H groups in total. The molecule has 0 fully saturated rings. The molecule has 0 spiro atoms. The van der Waals surface area contributed by atoms with Gasteiger partial charge in [0.05, 0.1) is 5.69 Å². The number of nitrogens with zero attached hydrogens (tertiary/aromatic N) is 1. The largest absolute Gasteiger partial charge is 0.295 e. The fourth-order valence-corrected chi connectivity index (χ4v) is 2.23. The van der Waals surface area contributed by atoms with E-state index in [2.05, 4.69) is 4.98 Å². The van der Waals surface area contributed by atoms with Crippen molar-refractivity contribution in [1.29, 1.82) is 0 Å². The van der Waals surface area contributed by atoms with E-state index in [4.69, 9.17) is 11.6 Å². The van der Waals surface area contributed by atoms with Crippen LogP contribution in [0.25, 0.3) is 11.3 Å². The van der Waals surface area contributed by atoms with Crippen LogP contribution in [0, 0.1) is 6.92 Å². The Morgan fingerprint density at radius 3 is 2.53 bits per heavy atom. The first-order chi connectivity index (χ1) is 7.20. The molecule has 2 rings (SSSR count). The van der Waals surface area contributed by atoms with Crippen LogP contribution in [0.1, 0.15) is 14.7 Å². The number of hydrogen-bond acceptors (Lipinski definition) is 3. The van der Waals surface area contributed by atoms with Crippen molar-refractivity contribution in [1.82, 2.24) is 4.98 Å². The van der Waals surface area contributed by atoms with E-state index in [1.165, 1.54) is 11.3 Å². The van der Waals surface area contributed by atoms with Crippen molar-refractivity contribution in [2.24, 2.45) is 0 Å². The zero-order valence-corrected chi connectivity index (χ0v) is 9.60. The van der Waals surface area contributed by atoms with E-state index < -0.39 is 0 Å². The molecule has 1 heterocycles. The topological polar surface area (TPSA) is 30.0 Å². The van der Waals surface area contributed by atoms with Gasteiger partial charge in [-0.3, -0.25) is 4.79 Å². The van der Waals surface area contributed by atoms with E-state index in [1.807, 2.05) is 31.2 Å². The third kappa shape index (κ3) is 2.08. The zero-order chi connectivity index (χ0) is 10.8. The Bertz CT molecular complexity index is 490. The summed E-state index contributed by atoms with van der Waals surface area (Å²) in [5.74, 6) is 0. The quantitative estimate of drug-likeness (QED) is 0.748. The van der Waals surface area contributed by atoms with Gasteiger partial charge in [0.15, 0.2) is 11.3 Å². The standard InChI is InChI=1S/C11H8ClNOS/c1-7-11(13-10(6-14)15-7)8-2-4-9(12)5-3-8/h2-6H,1H3. The molecule has 76 valence electrons. The van der Waals surface area contributed by atoms with Crippen molar-refractivity contribution >= 4 is 29.2 Å². The SMILES string of the molecule is Cc1sc(C=O)nc1-c1ccc(Cl)cc1. The van der Waals surface area contributed by atoms with Crippen LogP contribution in [0.2, 0.25) is 5.02 Å². The molecule has 0 saturated heterocycles. The number of halogens is 1. The van der Waals surface area contributed by atoms with Gasteiger partial charge in [0.25, 0.3) is 0 Å². The highest BCUT2D eigenvalue weighted by atomic mass is 35.5. The van der Waals surface area contributed by atoms with Crippen molar-refractivity contribution in [2.45, 2.75) is 6.92 Å². The lowest BCUT2D eigenvalue weighted by Crippen LogP contribution is -1.81. The zero-order valence-electron chi connectivity index (χ0n) is 8.03. The minimum atomic E-state index is 0.512. The second-order valence-corrected chi connectivity index (χ2v) is 4.75. The number of aromatic nitrogens is 1. The molecule has 0 aliphatic rings. The summed E-state index contributed by atoms with van der Waals surface area (Å²) in [6, 6.07) is 7.43. The summed E-state index contributed by atoms with van der Waals surface area (Å²) in [6.45, 7) is 1.95. The van der Waals surface area contributed by atoms with E-state index in [9.17, 15) is 4.79 Å². The van der Waals surface area contributed by atoms with Gasteiger partial charge in [0.1, 0.15) is 0 Å². The van der Waals surface area contributed by atoms with Gasteiger partial charge in [-0.1, -0.05) is 23.7 Å². The highest BCUT2D eigenvalue weighted by molar-refractivity contribution is 7.13. The molecule has 0 bridgehead atoms. The van der Waals surface area contributed by atoms with Gasteiger partial charge in [0.2, 0.25) is 0 Å². The molecule has 0 saturated carbocycles. The van der Waals surface area contributed by atoms with E-state index in [1.54, 1.807) is 0 Å². The molecular formula is C11H8ClNOS. The molecule has 4 heteroatoms. The maximum atomic E-state index is 10.6. The van der Waals surface area contributed by atoms with Crippen LogP contribution in [0.15, 0.2) is 24.3 Å². The molecule has 2 aromatic rings. The number of thiazole rings is 1. The summed E-state index contributed by atoms with van der Waals surface area (Å²) in [5.41, 5.74) is 1.85. The summed E-state index contributed by atoms with van der Waals surface area (Å²) in [7, 11) is 0. The summed E-state index contributed by atoms with van der Waals surface area (Å²) in [6.07, 6.45) is 0.775. The maximum Gasteiger partial charge on any atom is 0.178 e. The van der Waals surface area contributed by atoms with Crippen LogP contribution in [-0.2, 0) is 0 Å². The summed E-state index contributed by atoms with van der Waals surface area (Å²) in [5, 5.41) is 1.21. The normalized spacial score (nSPS) is 10.3. The minimum Gasteiger partial charge on any atom is -0.295 e. The Balaban J connectivity index is 2.48. The number of benzene rings is 1. The first-order valence-electron chi connectivity index (χ1n) is 4.39. The molecule has 1 aromatic heterocycles. The van der Waals surface area contributed by atoms with Crippen LogP contribution in [0.5, 0.6) is 0 Å². The lowest BCUT2D eigenvalue weighted by Gasteiger charge is -1.97. The summed E-state index contributed by atoms with van der Waals surface area (Å²) >= 11 is 7.20. The number of carbonyl (C=O) groups is 1. The van der Waals surface area contributed by atoms with Gasteiger partial charge in [-0.15, -0.1) is 11.3 Å². The maximum absolute atomic E-state index is 10.6. The Hall–Kier alpha value is -1.19. The second kappa shape index (κ2) is 4.13. The Labute approximate surface area is 96.5 Å². The van der Waals surface area contributed by atoms with Crippen molar-refractivity contribution in [3.63, 3.8) is 0 Å². The van der Waals surface area contributed by atoms with E-state index in [0.29, 0.717) is 10.0 Å². The number of hydrogen-bond donors (Lipinski definition) is 0. The molecule has 0 unspecified atom stereocenters. The van der Waals surface area contributed by atoms with Gasteiger partial charge >= 0.3 is 0 Å². The molecule has 0 atom stereocenters. The number of carbonyl (C=O) groups excluding carboxylic acids is 1. The van der Waals surface area contributed by atoms with Gasteiger partial charge in [-0.05, 0) is 19.1 Å². The van der Waals surface area contributed by atoms with Crippen molar-refractivity contribution < 1.29 is 4.79 Å². The molecule has 0 aliphatic heterocycles. The fraction of sp³-hybridized carbons (Fsp3) is 0.0909. The number of aldehydes is 1. The average molecular weight is 238 g/mol. The molecule has 1 aromatic carbocycles. The Morgan fingerprint density at radius 1 is 1.33 bits per heavy atom. The van der Waals surface area contributed by atoms with Crippen LogP contribution >= 0.6 is 22.9 Å². The van der Waals surface area contributed by atoms with Gasteiger partial charge in [-0.25, -0.2) is 4.98 Å². The van der Waals surface area contributed by atoms with Crippen molar-refractivity contribution in [2.75, 3.05) is 0 Å². The van der Waals surface area contributed by atoms with Crippen LogP contribution in [-0.4, -0.2) is 11.3 Å². The summed E-state index contributed by atoms with van der Waals surface area (Å²) < 4.78 is 0. The van der Waals surface area contributed by atoms with Crippen molar-refractivity contribution in [3.8, 4) is 11.3 Å². The van der Waals surface area contributed by atoms with Crippen LogP contribution in [0.3, 0.4) is 0 Å². The average Bonchev–Trinajstić information content (AvgIpc) is 2.61.